The van der Waals surface area contributed by atoms with Gasteiger partial charge in [0, 0.05) is 6.42 Å². The van der Waals surface area contributed by atoms with Crippen LogP contribution in [0.3, 0.4) is 0 Å². The molecule has 3 atom stereocenters. The zero-order valence-electron chi connectivity index (χ0n) is 13.0. The predicted molar refractivity (Wildman–Crippen MR) is 81.9 cm³/mol. The second-order valence-electron chi connectivity index (χ2n) is 6.18. The summed E-state index contributed by atoms with van der Waals surface area (Å²) in [6.07, 6.45) is 0.147. The summed E-state index contributed by atoms with van der Waals surface area (Å²) in [4.78, 5) is 24.6. The predicted octanol–water partition coefficient (Wildman–Crippen LogP) is 2.76. The fraction of sp³-hybridized carbons (Fsp3) is 0.529. The van der Waals surface area contributed by atoms with E-state index < -0.39 is 18.0 Å². The Bertz CT molecular complexity index is 633. The van der Waals surface area contributed by atoms with Crippen LogP contribution in [0.1, 0.15) is 44.1 Å². The lowest BCUT2D eigenvalue weighted by molar-refractivity contribution is -0.129. The van der Waals surface area contributed by atoms with Crippen molar-refractivity contribution in [1.29, 1.82) is 0 Å². The van der Waals surface area contributed by atoms with Crippen LogP contribution in [0.25, 0.3) is 0 Å². The molecule has 0 bridgehead atoms. The second kappa shape index (κ2) is 6.28. The van der Waals surface area contributed by atoms with Gasteiger partial charge in [0.2, 0.25) is 0 Å². The van der Waals surface area contributed by atoms with Crippen LogP contribution in [0.4, 0.5) is 14.9 Å². The summed E-state index contributed by atoms with van der Waals surface area (Å²) >= 11 is 0. The van der Waals surface area contributed by atoms with Gasteiger partial charge in [0.15, 0.2) is 5.78 Å². The number of carbonyl (C=O) groups is 2. The number of cyclic esters (lactones) is 1. The molecule has 1 aliphatic heterocycles. The van der Waals surface area contributed by atoms with Crippen molar-refractivity contribution in [2.75, 3.05) is 11.4 Å². The maximum Gasteiger partial charge on any atom is 0.414 e. The van der Waals surface area contributed by atoms with Crippen molar-refractivity contribution < 1.29 is 23.8 Å². The van der Waals surface area contributed by atoms with Crippen LogP contribution in [-0.2, 0) is 9.53 Å². The summed E-state index contributed by atoms with van der Waals surface area (Å²) in [5.74, 6) is -0.767. The molecule has 1 saturated carbocycles. The summed E-state index contributed by atoms with van der Waals surface area (Å²) in [6.45, 7) is 2.35. The Kier molecular flexibility index (Phi) is 4.35. The average Bonchev–Trinajstić information content (AvgIpc) is 2.91. The molecule has 124 valence electrons. The highest BCUT2D eigenvalue weighted by molar-refractivity contribution is 5.89. The molecule has 1 aromatic carbocycles. The molecule has 1 amide bonds. The SMILES string of the molecule is CC[C@H]1CN(c2ccc([C@@H]3CCC(=O)[C@@H](O)C3)c(F)c2)C(=O)O1. The summed E-state index contributed by atoms with van der Waals surface area (Å²) in [7, 11) is 0. The van der Waals surface area contributed by atoms with Crippen molar-refractivity contribution in [3.63, 3.8) is 0 Å². The molecule has 1 saturated heterocycles. The fourth-order valence-corrected chi connectivity index (χ4v) is 3.24. The Morgan fingerprint density at radius 1 is 1.39 bits per heavy atom. The molecular formula is C17H20FNO4. The Morgan fingerprint density at radius 2 is 2.17 bits per heavy atom. The van der Waals surface area contributed by atoms with Crippen LogP contribution in [0.2, 0.25) is 0 Å². The number of amides is 1. The van der Waals surface area contributed by atoms with E-state index in [1.807, 2.05) is 6.92 Å². The molecule has 3 rings (SSSR count). The van der Waals surface area contributed by atoms with Crippen molar-refractivity contribution >= 4 is 17.6 Å². The first-order valence-electron chi connectivity index (χ1n) is 7.98. The standard InChI is InChI=1S/C17H20FNO4/c1-2-12-9-19(17(22)23-12)11-4-5-13(14(18)8-11)10-3-6-15(20)16(21)7-10/h4-5,8,10,12,16,21H,2-3,6-7,9H2,1H3/t10-,12+,16+/m1/s1. The number of halogens is 1. The third-order valence-electron chi connectivity index (χ3n) is 4.68. The summed E-state index contributed by atoms with van der Waals surface area (Å²) in [5, 5.41) is 9.68. The number of anilines is 1. The van der Waals surface area contributed by atoms with Gasteiger partial charge in [-0.15, -0.1) is 0 Å². The van der Waals surface area contributed by atoms with Crippen LogP contribution in [0, 0.1) is 5.82 Å². The van der Waals surface area contributed by atoms with Crippen LogP contribution in [0.5, 0.6) is 0 Å². The number of ketones is 1. The quantitative estimate of drug-likeness (QED) is 0.929. The summed E-state index contributed by atoms with van der Waals surface area (Å²) in [5.41, 5.74) is 0.958. The number of hydrogen-bond donors (Lipinski definition) is 1. The van der Waals surface area contributed by atoms with Crippen LogP contribution < -0.4 is 4.90 Å². The van der Waals surface area contributed by atoms with Gasteiger partial charge in [-0.3, -0.25) is 9.69 Å². The number of Topliss-reactive ketones (excluding diaryl/α,β-unsaturated/α-hetero) is 1. The number of benzene rings is 1. The Labute approximate surface area is 134 Å². The van der Waals surface area contributed by atoms with Gasteiger partial charge in [0.1, 0.15) is 18.0 Å². The molecule has 0 spiro atoms. The molecule has 1 heterocycles. The monoisotopic (exact) mass is 321 g/mol. The molecule has 1 N–H and O–H groups in total. The minimum absolute atomic E-state index is 0.162. The Morgan fingerprint density at radius 3 is 2.78 bits per heavy atom. The van der Waals surface area contributed by atoms with Crippen LogP contribution in [-0.4, -0.2) is 35.7 Å². The third kappa shape index (κ3) is 3.08. The van der Waals surface area contributed by atoms with Gasteiger partial charge in [0.05, 0.1) is 12.2 Å². The van der Waals surface area contributed by atoms with E-state index >= 15 is 0 Å². The number of ether oxygens (including phenoxy) is 1. The maximum absolute atomic E-state index is 14.5. The molecule has 6 heteroatoms. The lowest BCUT2D eigenvalue weighted by atomic mass is 9.81. The van der Waals surface area contributed by atoms with Gasteiger partial charge >= 0.3 is 6.09 Å². The Balaban J connectivity index is 1.79. The minimum Gasteiger partial charge on any atom is -0.444 e. The number of hydrogen-bond acceptors (Lipinski definition) is 4. The van der Waals surface area contributed by atoms with E-state index in [1.54, 1.807) is 12.1 Å². The highest BCUT2D eigenvalue weighted by Gasteiger charge is 2.33. The molecule has 1 aromatic rings. The molecular weight excluding hydrogens is 301 g/mol. The zero-order valence-corrected chi connectivity index (χ0v) is 13.0. The molecule has 2 fully saturated rings. The van der Waals surface area contributed by atoms with Crippen molar-refractivity contribution in [2.24, 2.45) is 0 Å². The smallest absolute Gasteiger partial charge is 0.414 e. The van der Waals surface area contributed by atoms with E-state index in [4.69, 9.17) is 4.74 Å². The average molecular weight is 321 g/mol. The van der Waals surface area contributed by atoms with E-state index in [0.29, 0.717) is 24.2 Å². The van der Waals surface area contributed by atoms with Gasteiger partial charge in [-0.2, -0.15) is 0 Å². The molecule has 1 aliphatic carbocycles. The van der Waals surface area contributed by atoms with E-state index in [0.717, 1.165) is 6.42 Å². The van der Waals surface area contributed by atoms with Crippen LogP contribution in [0.15, 0.2) is 18.2 Å². The van der Waals surface area contributed by atoms with E-state index in [2.05, 4.69) is 0 Å². The lowest BCUT2D eigenvalue weighted by Gasteiger charge is -2.26. The number of rotatable bonds is 3. The number of carbonyl (C=O) groups excluding carboxylic acids is 2. The Hall–Kier alpha value is -1.95. The molecule has 0 radical (unpaired) electrons. The van der Waals surface area contributed by atoms with E-state index in [1.165, 1.54) is 11.0 Å². The minimum atomic E-state index is -1.01. The van der Waals surface area contributed by atoms with Crippen molar-refractivity contribution in [3.8, 4) is 0 Å². The van der Waals surface area contributed by atoms with E-state index in [-0.39, 0.29) is 30.6 Å². The van der Waals surface area contributed by atoms with Crippen molar-refractivity contribution in [1.82, 2.24) is 0 Å². The topological polar surface area (TPSA) is 66.8 Å². The van der Waals surface area contributed by atoms with Crippen molar-refractivity contribution in [3.05, 3.63) is 29.6 Å². The first kappa shape index (κ1) is 15.9. The lowest BCUT2D eigenvalue weighted by Crippen LogP contribution is -2.29. The summed E-state index contributed by atoms with van der Waals surface area (Å²) < 4.78 is 19.7. The first-order chi connectivity index (χ1) is 11.0. The summed E-state index contributed by atoms with van der Waals surface area (Å²) in [6, 6.07) is 4.67. The molecule has 0 aromatic heterocycles. The molecule has 23 heavy (non-hydrogen) atoms. The second-order valence-corrected chi connectivity index (χ2v) is 6.18. The van der Waals surface area contributed by atoms with Gasteiger partial charge in [0.25, 0.3) is 0 Å². The molecule has 0 unspecified atom stereocenters. The van der Waals surface area contributed by atoms with Crippen LogP contribution >= 0.6 is 0 Å². The van der Waals surface area contributed by atoms with Crippen molar-refractivity contribution in [2.45, 2.75) is 50.7 Å². The number of aliphatic hydroxyl groups excluding tert-OH is 1. The highest BCUT2D eigenvalue weighted by Crippen LogP contribution is 2.35. The molecule has 2 aliphatic rings. The van der Waals surface area contributed by atoms with E-state index in [9.17, 15) is 19.1 Å². The maximum atomic E-state index is 14.5. The fourth-order valence-electron chi connectivity index (χ4n) is 3.24. The van der Waals surface area contributed by atoms with Gasteiger partial charge in [-0.05, 0) is 42.9 Å². The highest BCUT2D eigenvalue weighted by atomic mass is 19.1. The van der Waals surface area contributed by atoms with Gasteiger partial charge < -0.3 is 9.84 Å². The largest absolute Gasteiger partial charge is 0.444 e. The normalized spacial score (nSPS) is 28.1. The molecule has 5 nitrogen and oxygen atoms in total. The van der Waals surface area contributed by atoms with Gasteiger partial charge in [-0.1, -0.05) is 13.0 Å². The first-order valence-corrected chi connectivity index (χ1v) is 7.98. The van der Waals surface area contributed by atoms with Gasteiger partial charge in [-0.25, -0.2) is 9.18 Å². The zero-order chi connectivity index (χ0) is 16.6. The third-order valence-corrected chi connectivity index (χ3v) is 4.68. The number of aliphatic hydroxyl groups is 1. The number of nitrogens with zero attached hydrogens (tertiary/aromatic N) is 1.